The van der Waals surface area contributed by atoms with Crippen molar-refractivity contribution in [3.63, 3.8) is 0 Å². The van der Waals surface area contributed by atoms with Gasteiger partial charge in [0.05, 0.1) is 12.1 Å². The van der Waals surface area contributed by atoms with Gasteiger partial charge in [0.25, 0.3) is 5.91 Å². The molecule has 1 aliphatic heterocycles. The molecule has 110 valence electrons. The molecule has 2 N–H and O–H groups in total. The molecule has 0 radical (unpaired) electrons. The van der Waals surface area contributed by atoms with Crippen LogP contribution in [0.5, 0.6) is 0 Å². The summed E-state index contributed by atoms with van der Waals surface area (Å²) in [7, 11) is 1.69. The number of hydrogen-bond donors (Lipinski definition) is 1. The van der Waals surface area contributed by atoms with E-state index in [4.69, 9.17) is 5.73 Å². The third kappa shape index (κ3) is 3.38. The van der Waals surface area contributed by atoms with Crippen LogP contribution in [0.15, 0.2) is 18.2 Å². The molecule has 0 aromatic heterocycles. The third-order valence-corrected chi connectivity index (χ3v) is 3.28. The third-order valence-electron chi connectivity index (χ3n) is 3.28. The van der Waals surface area contributed by atoms with E-state index >= 15 is 0 Å². The zero-order chi connectivity index (χ0) is 15.4. The van der Waals surface area contributed by atoms with Gasteiger partial charge < -0.3 is 15.5 Å². The molecule has 1 saturated heterocycles. The number of rotatable bonds is 1. The van der Waals surface area contributed by atoms with Crippen LogP contribution in [-0.2, 0) is 4.79 Å². The van der Waals surface area contributed by atoms with Crippen LogP contribution < -0.4 is 5.73 Å². The number of carbonyl (C=O) groups excluding carboxylic acids is 2. The topological polar surface area (TPSA) is 66.6 Å². The lowest BCUT2D eigenvalue weighted by atomic mass is 10.1. The Balaban J connectivity index is 2.29. The molecule has 21 heavy (non-hydrogen) atoms. The monoisotopic (exact) mass is 289 g/mol. The highest BCUT2D eigenvalue weighted by Gasteiger charge is 2.26. The molecule has 2 amide bonds. The summed E-state index contributed by atoms with van der Waals surface area (Å²) in [5, 5.41) is 0. The number of amides is 2. The molecule has 1 fully saturated rings. The van der Waals surface area contributed by atoms with Crippen molar-refractivity contribution in [1.82, 2.24) is 9.80 Å². The fourth-order valence-corrected chi connectivity index (χ4v) is 2.05. The van der Waals surface area contributed by atoms with Gasteiger partial charge in [-0.15, -0.1) is 0 Å². The van der Waals surface area contributed by atoms with E-state index in [1.54, 1.807) is 11.9 Å². The van der Waals surface area contributed by atoms with Gasteiger partial charge in [-0.1, -0.05) is 11.8 Å². The molecule has 1 aliphatic rings. The van der Waals surface area contributed by atoms with E-state index in [9.17, 15) is 14.0 Å². The maximum atomic E-state index is 13.3. The number of carbonyl (C=O) groups is 2. The smallest absolute Gasteiger partial charge is 0.255 e. The molecule has 1 aromatic carbocycles. The number of nitrogens with zero attached hydrogens (tertiary/aromatic N) is 2. The van der Waals surface area contributed by atoms with Gasteiger partial charge in [0.15, 0.2) is 0 Å². The Morgan fingerprint density at radius 3 is 2.86 bits per heavy atom. The summed E-state index contributed by atoms with van der Waals surface area (Å²) in [6, 6.07) is 3.80. The standard InChI is InChI=1S/C15H16FN3O2/c1-18-7-8-19(10-14(18)20)15(21)13-5-4-12(16)9-11(13)3-2-6-17/h4-5,9H,6-8,10,17H2,1H3. The Morgan fingerprint density at radius 2 is 2.19 bits per heavy atom. The van der Waals surface area contributed by atoms with Gasteiger partial charge in [0.2, 0.25) is 5.91 Å². The van der Waals surface area contributed by atoms with E-state index in [0.717, 1.165) is 0 Å². The van der Waals surface area contributed by atoms with Crippen LogP contribution in [0.3, 0.4) is 0 Å². The highest BCUT2D eigenvalue weighted by molar-refractivity contribution is 5.99. The van der Waals surface area contributed by atoms with Crippen LogP contribution in [0, 0.1) is 17.7 Å². The summed E-state index contributed by atoms with van der Waals surface area (Å²) in [6.45, 7) is 1.07. The minimum Gasteiger partial charge on any atom is -0.342 e. The van der Waals surface area contributed by atoms with Gasteiger partial charge in [-0.25, -0.2) is 4.39 Å². The van der Waals surface area contributed by atoms with Crippen LogP contribution in [0.1, 0.15) is 15.9 Å². The Hall–Kier alpha value is -2.39. The van der Waals surface area contributed by atoms with Crippen LogP contribution in [0.2, 0.25) is 0 Å². The van der Waals surface area contributed by atoms with E-state index in [1.165, 1.54) is 23.1 Å². The molecule has 0 bridgehead atoms. The van der Waals surface area contributed by atoms with Crippen LogP contribution >= 0.6 is 0 Å². The second kappa shape index (κ2) is 6.37. The Kier molecular flexibility index (Phi) is 4.55. The molecule has 1 heterocycles. The van der Waals surface area contributed by atoms with Crippen molar-refractivity contribution in [2.45, 2.75) is 0 Å². The summed E-state index contributed by atoms with van der Waals surface area (Å²) < 4.78 is 13.3. The first-order chi connectivity index (χ1) is 10.0. The number of hydrogen-bond acceptors (Lipinski definition) is 3. The summed E-state index contributed by atoms with van der Waals surface area (Å²) in [5.74, 6) is 4.40. The van der Waals surface area contributed by atoms with Crippen molar-refractivity contribution in [2.75, 3.05) is 33.2 Å². The molecule has 0 unspecified atom stereocenters. The molecular weight excluding hydrogens is 273 g/mol. The van der Waals surface area contributed by atoms with Gasteiger partial charge in [-0.3, -0.25) is 9.59 Å². The van der Waals surface area contributed by atoms with Crippen LogP contribution in [0.25, 0.3) is 0 Å². The van der Waals surface area contributed by atoms with E-state index in [2.05, 4.69) is 11.8 Å². The van der Waals surface area contributed by atoms with Crippen molar-refractivity contribution in [3.8, 4) is 11.8 Å². The highest BCUT2D eigenvalue weighted by atomic mass is 19.1. The van der Waals surface area contributed by atoms with Gasteiger partial charge in [-0.2, -0.15) is 0 Å². The molecule has 6 heteroatoms. The van der Waals surface area contributed by atoms with Gasteiger partial charge in [0, 0.05) is 25.7 Å². The first kappa shape index (κ1) is 15.0. The van der Waals surface area contributed by atoms with Crippen molar-refractivity contribution in [2.24, 2.45) is 5.73 Å². The van der Waals surface area contributed by atoms with Crippen molar-refractivity contribution < 1.29 is 14.0 Å². The number of nitrogens with two attached hydrogens (primary N) is 1. The Bertz CT molecular complexity index is 634. The highest BCUT2D eigenvalue weighted by Crippen LogP contribution is 2.15. The van der Waals surface area contributed by atoms with Gasteiger partial charge in [-0.05, 0) is 18.2 Å². The maximum absolute atomic E-state index is 13.3. The Labute approximate surface area is 122 Å². The number of halogens is 1. The lowest BCUT2D eigenvalue weighted by molar-refractivity contribution is -0.133. The summed E-state index contributed by atoms with van der Waals surface area (Å²) in [6.07, 6.45) is 0. The molecule has 0 atom stereocenters. The van der Waals surface area contributed by atoms with Gasteiger partial charge in [0.1, 0.15) is 12.4 Å². The lowest BCUT2D eigenvalue weighted by Gasteiger charge is -2.32. The minimum absolute atomic E-state index is 0.0243. The molecule has 5 nitrogen and oxygen atoms in total. The molecule has 0 spiro atoms. The SMILES string of the molecule is CN1CCN(C(=O)c2ccc(F)cc2C#CCN)CC1=O. The predicted molar refractivity (Wildman–Crippen MR) is 75.9 cm³/mol. The second-order valence-corrected chi connectivity index (χ2v) is 4.74. The van der Waals surface area contributed by atoms with Gasteiger partial charge >= 0.3 is 0 Å². The number of likely N-dealkylation sites (N-methyl/N-ethyl adjacent to an activating group) is 1. The lowest BCUT2D eigenvalue weighted by Crippen LogP contribution is -2.50. The average Bonchev–Trinajstić information content (AvgIpc) is 2.47. The molecule has 2 rings (SSSR count). The zero-order valence-electron chi connectivity index (χ0n) is 11.7. The van der Waals surface area contributed by atoms with Crippen molar-refractivity contribution >= 4 is 11.8 Å². The summed E-state index contributed by atoms with van der Waals surface area (Å²) >= 11 is 0. The second-order valence-electron chi connectivity index (χ2n) is 4.74. The van der Waals surface area contributed by atoms with Crippen molar-refractivity contribution in [3.05, 3.63) is 35.1 Å². The molecule has 0 aliphatic carbocycles. The zero-order valence-corrected chi connectivity index (χ0v) is 11.7. The predicted octanol–water partition coefficient (Wildman–Crippen LogP) is 0.0501. The van der Waals surface area contributed by atoms with E-state index in [1.807, 2.05) is 0 Å². The van der Waals surface area contributed by atoms with E-state index in [-0.39, 0.29) is 36.0 Å². The molecule has 0 saturated carbocycles. The summed E-state index contributed by atoms with van der Waals surface area (Å²) in [4.78, 5) is 27.2. The fraction of sp³-hybridized carbons (Fsp3) is 0.333. The average molecular weight is 289 g/mol. The van der Waals surface area contributed by atoms with E-state index < -0.39 is 5.82 Å². The number of piperazine rings is 1. The maximum Gasteiger partial charge on any atom is 0.255 e. The van der Waals surface area contributed by atoms with Crippen LogP contribution in [0.4, 0.5) is 4.39 Å². The largest absolute Gasteiger partial charge is 0.342 e. The molecule has 1 aromatic rings. The van der Waals surface area contributed by atoms with Crippen molar-refractivity contribution in [1.29, 1.82) is 0 Å². The summed E-state index contributed by atoms with van der Waals surface area (Å²) in [5.41, 5.74) is 5.88. The number of benzene rings is 1. The normalized spacial score (nSPS) is 14.7. The molecular formula is C15H16FN3O2. The first-order valence-electron chi connectivity index (χ1n) is 6.54. The van der Waals surface area contributed by atoms with E-state index in [0.29, 0.717) is 13.1 Å². The van der Waals surface area contributed by atoms with Crippen LogP contribution in [-0.4, -0.2) is 54.8 Å². The minimum atomic E-state index is -0.470. The Morgan fingerprint density at radius 1 is 1.43 bits per heavy atom. The fourth-order valence-electron chi connectivity index (χ4n) is 2.05. The quantitative estimate of drug-likeness (QED) is 0.743. The first-order valence-corrected chi connectivity index (χ1v) is 6.54.